The van der Waals surface area contributed by atoms with Crippen LogP contribution in [-0.4, -0.2) is 17.1 Å². The zero-order valence-corrected chi connectivity index (χ0v) is 15.5. The van der Waals surface area contributed by atoms with E-state index in [0.29, 0.717) is 29.4 Å². The van der Waals surface area contributed by atoms with Crippen LogP contribution < -0.4 is 5.32 Å². The second kappa shape index (κ2) is 9.18. The highest BCUT2D eigenvalue weighted by Gasteiger charge is 2.14. The average Bonchev–Trinajstić information content (AvgIpc) is 2.41. The van der Waals surface area contributed by atoms with Gasteiger partial charge in [-0.25, -0.2) is 4.39 Å². The van der Waals surface area contributed by atoms with Crippen molar-refractivity contribution in [2.75, 3.05) is 5.32 Å². The van der Waals surface area contributed by atoms with Gasteiger partial charge in [0.1, 0.15) is 5.82 Å². The quantitative estimate of drug-likeness (QED) is 0.684. The van der Waals surface area contributed by atoms with Crippen LogP contribution in [0.3, 0.4) is 0 Å². The first-order valence-electron chi connectivity index (χ1n) is 7.66. The molecule has 1 rings (SSSR count). The van der Waals surface area contributed by atoms with Crippen LogP contribution in [-0.2, 0) is 16.0 Å². The molecule has 1 aromatic carbocycles. The van der Waals surface area contributed by atoms with Gasteiger partial charge in [0.25, 0.3) is 0 Å². The van der Waals surface area contributed by atoms with Crippen molar-refractivity contribution in [2.45, 2.75) is 53.1 Å². The van der Waals surface area contributed by atoms with Gasteiger partial charge >= 0.3 is 0 Å². The molecule has 128 valence electrons. The van der Waals surface area contributed by atoms with Crippen molar-refractivity contribution in [1.29, 1.82) is 0 Å². The van der Waals surface area contributed by atoms with Crippen LogP contribution in [0.4, 0.5) is 10.1 Å². The van der Waals surface area contributed by atoms with E-state index in [1.54, 1.807) is 0 Å². The number of amides is 1. The summed E-state index contributed by atoms with van der Waals surface area (Å²) < 4.78 is 19.4. The number of ether oxygens (including phenoxy) is 1. The topological polar surface area (TPSA) is 38.3 Å². The molecular formula is C17H23ClFNO2S. The molecule has 0 aliphatic carbocycles. The number of carbonyl (C=O) groups is 1. The fourth-order valence-electron chi connectivity index (χ4n) is 1.92. The Morgan fingerprint density at radius 2 is 2.00 bits per heavy atom. The number of nitrogens with one attached hydrogen (secondary N) is 1. The highest BCUT2D eigenvalue weighted by atomic mass is 35.5. The molecule has 0 aliphatic rings. The summed E-state index contributed by atoms with van der Waals surface area (Å²) in [6, 6.07) is 2.70. The normalized spacial score (nSPS) is 11.0. The van der Waals surface area contributed by atoms with Crippen molar-refractivity contribution in [2.24, 2.45) is 5.92 Å². The van der Waals surface area contributed by atoms with Crippen LogP contribution in [0.2, 0.25) is 5.02 Å². The SMILES string of the molecule is CC(C)CCC(=O)Nc1cc(CC(=S)OC(C)C)c(Cl)cc1F. The standard InChI is InChI=1S/C17H23ClFNO2S/c1-10(2)5-6-16(21)20-15-7-12(13(18)9-14(15)19)8-17(23)22-11(3)4/h7,9-11H,5-6,8H2,1-4H3,(H,20,21). The van der Waals surface area contributed by atoms with E-state index in [2.05, 4.69) is 5.32 Å². The van der Waals surface area contributed by atoms with Gasteiger partial charge in [-0.2, -0.15) is 0 Å². The number of hydrogen-bond donors (Lipinski definition) is 1. The zero-order valence-electron chi connectivity index (χ0n) is 13.9. The van der Waals surface area contributed by atoms with Crippen molar-refractivity contribution in [3.8, 4) is 0 Å². The number of thiocarbonyl (C=S) groups is 1. The maximum Gasteiger partial charge on any atom is 0.224 e. The summed E-state index contributed by atoms with van der Waals surface area (Å²) in [5.74, 6) is -0.365. The molecule has 0 fully saturated rings. The molecule has 0 spiro atoms. The van der Waals surface area contributed by atoms with E-state index in [0.717, 1.165) is 6.42 Å². The van der Waals surface area contributed by atoms with Gasteiger partial charge in [-0.15, -0.1) is 0 Å². The molecule has 6 heteroatoms. The van der Waals surface area contributed by atoms with E-state index < -0.39 is 5.82 Å². The Labute approximate surface area is 147 Å². The van der Waals surface area contributed by atoms with Crippen LogP contribution in [0.15, 0.2) is 12.1 Å². The number of rotatable bonds is 7. The van der Waals surface area contributed by atoms with Crippen LogP contribution in [0.5, 0.6) is 0 Å². The van der Waals surface area contributed by atoms with Crippen LogP contribution in [0, 0.1) is 11.7 Å². The summed E-state index contributed by atoms with van der Waals surface area (Å²) >= 11 is 11.2. The minimum atomic E-state index is -0.563. The van der Waals surface area contributed by atoms with E-state index in [9.17, 15) is 9.18 Å². The van der Waals surface area contributed by atoms with Gasteiger partial charge < -0.3 is 10.1 Å². The lowest BCUT2D eigenvalue weighted by atomic mass is 10.1. The molecule has 0 saturated heterocycles. The molecule has 1 amide bonds. The maximum absolute atomic E-state index is 14.0. The molecule has 1 aromatic rings. The third-order valence-electron chi connectivity index (χ3n) is 3.06. The van der Waals surface area contributed by atoms with E-state index in [4.69, 9.17) is 28.6 Å². The molecule has 0 unspecified atom stereocenters. The number of halogens is 2. The van der Waals surface area contributed by atoms with Gasteiger partial charge in [-0.1, -0.05) is 25.4 Å². The minimum absolute atomic E-state index is 0.0306. The maximum atomic E-state index is 14.0. The van der Waals surface area contributed by atoms with E-state index in [1.807, 2.05) is 27.7 Å². The Kier molecular flexibility index (Phi) is 7.92. The van der Waals surface area contributed by atoms with Crippen LogP contribution >= 0.6 is 23.8 Å². The summed E-state index contributed by atoms with van der Waals surface area (Å²) in [7, 11) is 0. The fourth-order valence-corrected chi connectivity index (χ4v) is 2.48. The lowest BCUT2D eigenvalue weighted by Crippen LogP contribution is -2.15. The van der Waals surface area contributed by atoms with Crippen molar-refractivity contribution in [3.05, 3.63) is 28.5 Å². The van der Waals surface area contributed by atoms with Gasteiger partial charge in [0.2, 0.25) is 5.91 Å². The molecule has 0 aliphatic heterocycles. The highest BCUT2D eigenvalue weighted by molar-refractivity contribution is 7.80. The van der Waals surface area contributed by atoms with Gasteiger partial charge in [0.15, 0.2) is 5.05 Å². The molecule has 0 bridgehead atoms. The predicted molar refractivity (Wildman–Crippen MR) is 96.6 cm³/mol. The predicted octanol–water partition coefficient (Wildman–Crippen LogP) is 5.15. The van der Waals surface area contributed by atoms with Crippen molar-refractivity contribution in [1.82, 2.24) is 0 Å². The number of benzene rings is 1. The Hall–Kier alpha value is -1.20. The third-order valence-corrected chi connectivity index (χ3v) is 3.65. The molecule has 0 atom stereocenters. The zero-order chi connectivity index (χ0) is 17.6. The number of hydrogen-bond acceptors (Lipinski definition) is 3. The van der Waals surface area contributed by atoms with E-state index >= 15 is 0 Å². The molecule has 23 heavy (non-hydrogen) atoms. The van der Waals surface area contributed by atoms with E-state index in [-0.39, 0.29) is 22.7 Å². The molecule has 0 radical (unpaired) electrons. The molecule has 0 heterocycles. The Bertz CT molecular complexity index is 576. The summed E-state index contributed by atoms with van der Waals surface area (Å²) in [5, 5.41) is 3.23. The van der Waals surface area contributed by atoms with Crippen molar-refractivity contribution in [3.63, 3.8) is 0 Å². The molecule has 0 aromatic heterocycles. The number of anilines is 1. The molecule has 1 N–H and O–H groups in total. The van der Waals surface area contributed by atoms with Crippen LogP contribution in [0.25, 0.3) is 0 Å². The van der Waals surface area contributed by atoms with Crippen molar-refractivity contribution >= 4 is 40.5 Å². The smallest absolute Gasteiger partial charge is 0.224 e. The summed E-state index contributed by atoms with van der Waals surface area (Å²) in [5.41, 5.74) is 0.739. The van der Waals surface area contributed by atoms with Gasteiger partial charge in [0, 0.05) is 17.9 Å². The first-order valence-corrected chi connectivity index (χ1v) is 8.45. The Morgan fingerprint density at radius 1 is 1.35 bits per heavy atom. The first-order chi connectivity index (χ1) is 10.7. The largest absolute Gasteiger partial charge is 0.484 e. The lowest BCUT2D eigenvalue weighted by Gasteiger charge is -2.14. The highest BCUT2D eigenvalue weighted by Crippen LogP contribution is 2.25. The summed E-state index contributed by atoms with van der Waals surface area (Å²) in [6.45, 7) is 7.81. The fraction of sp³-hybridized carbons (Fsp3) is 0.529. The Morgan fingerprint density at radius 3 is 2.57 bits per heavy atom. The van der Waals surface area contributed by atoms with Crippen molar-refractivity contribution < 1.29 is 13.9 Å². The van der Waals surface area contributed by atoms with Crippen LogP contribution in [0.1, 0.15) is 46.1 Å². The summed E-state index contributed by atoms with van der Waals surface area (Å²) in [6.07, 6.45) is 1.36. The van der Waals surface area contributed by atoms with Gasteiger partial charge in [-0.3, -0.25) is 4.79 Å². The molecular weight excluding hydrogens is 337 g/mol. The second-order valence-electron chi connectivity index (χ2n) is 6.12. The third kappa shape index (κ3) is 7.27. The number of carbonyl (C=O) groups excluding carboxylic acids is 1. The minimum Gasteiger partial charge on any atom is -0.484 e. The van der Waals surface area contributed by atoms with Gasteiger partial charge in [-0.05, 0) is 56.1 Å². The molecule has 0 saturated carbocycles. The average molecular weight is 360 g/mol. The van der Waals surface area contributed by atoms with E-state index in [1.165, 1.54) is 12.1 Å². The second-order valence-corrected chi connectivity index (χ2v) is 6.98. The van der Waals surface area contributed by atoms with Gasteiger partial charge in [0.05, 0.1) is 11.8 Å². The molecule has 3 nitrogen and oxygen atoms in total. The Balaban J connectivity index is 2.82. The lowest BCUT2D eigenvalue weighted by molar-refractivity contribution is -0.116. The first kappa shape index (κ1) is 19.8. The monoisotopic (exact) mass is 359 g/mol. The summed E-state index contributed by atoms with van der Waals surface area (Å²) in [4.78, 5) is 11.9.